The van der Waals surface area contributed by atoms with Gasteiger partial charge in [0.2, 0.25) is 5.13 Å². The molecule has 1 heterocycles. The van der Waals surface area contributed by atoms with E-state index in [1.54, 1.807) is 12.1 Å². The third-order valence-corrected chi connectivity index (χ3v) is 2.93. The van der Waals surface area contributed by atoms with Crippen molar-refractivity contribution < 1.29 is 4.79 Å². The Kier molecular flexibility index (Phi) is 3.24. The van der Waals surface area contributed by atoms with E-state index in [0.717, 1.165) is 5.69 Å². The number of nitrogens with one attached hydrogen (secondary N) is 1. The average molecular weight is 248 g/mol. The van der Waals surface area contributed by atoms with Gasteiger partial charge < -0.3 is 5.73 Å². The van der Waals surface area contributed by atoms with Crippen molar-refractivity contribution in [1.82, 2.24) is 4.98 Å². The smallest absolute Gasteiger partial charge is 0.338 e. The molecule has 0 saturated carbocycles. The van der Waals surface area contributed by atoms with Gasteiger partial charge in [0, 0.05) is 5.38 Å². The SMILES string of the molecule is Cc1csc(NN(C(N)=O)c2ccccc2)n1. The normalized spacial score (nSPS) is 9.94. The Morgan fingerprint density at radius 1 is 1.41 bits per heavy atom. The molecular weight excluding hydrogens is 236 g/mol. The Morgan fingerprint density at radius 3 is 2.65 bits per heavy atom. The third-order valence-electron chi connectivity index (χ3n) is 2.06. The molecule has 0 bridgehead atoms. The third kappa shape index (κ3) is 2.73. The second-order valence-electron chi connectivity index (χ2n) is 3.42. The van der Waals surface area contributed by atoms with Crippen LogP contribution in [0.2, 0.25) is 0 Å². The summed E-state index contributed by atoms with van der Waals surface area (Å²) in [5, 5.41) is 3.79. The number of anilines is 2. The highest BCUT2D eigenvalue weighted by molar-refractivity contribution is 7.13. The number of nitrogens with zero attached hydrogens (tertiary/aromatic N) is 2. The van der Waals surface area contributed by atoms with Gasteiger partial charge in [-0.1, -0.05) is 18.2 Å². The molecule has 0 aliphatic rings. The van der Waals surface area contributed by atoms with Crippen LogP contribution >= 0.6 is 11.3 Å². The second kappa shape index (κ2) is 4.84. The summed E-state index contributed by atoms with van der Waals surface area (Å²) in [6, 6.07) is 8.54. The zero-order valence-electron chi connectivity index (χ0n) is 9.25. The minimum Gasteiger partial charge on any atom is -0.350 e. The van der Waals surface area contributed by atoms with Crippen LogP contribution in [0.5, 0.6) is 0 Å². The van der Waals surface area contributed by atoms with E-state index in [1.807, 2.05) is 30.5 Å². The predicted octanol–water partition coefficient (Wildman–Crippen LogP) is 2.36. The summed E-state index contributed by atoms with van der Waals surface area (Å²) < 4.78 is 0. The quantitative estimate of drug-likeness (QED) is 0.819. The number of primary amides is 1. The summed E-state index contributed by atoms with van der Waals surface area (Å²) in [6.07, 6.45) is 0. The van der Waals surface area contributed by atoms with Crippen molar-refractivity contribution in [3.8, 4) is 0 Å². The molecule has 0 atom stereocenters. The first-order valence-corrected chi connectivity index (χ1v) is 5.88. The number of carbonyl (C=O) groups is 1. The van der Waals surface area contributed by atoms with Crippen LogP contribution in [-0.4, -0.2) is 11.0 Å². The number of hydrazine groups is 1. The summed E-state index contributed by atoms with van der Waals surface area (Å²) in [4.78, 5) is 15.6. The van der Waals surface area contributed by atoms with Crippen LogP contribution in [0, 0.1) is 6.92 Å². The molecule has 2 amide bonds. The van der Waals surface area contributed by atoms with Crippen molar-refractivity contribution in [3.05, 3.63) is 41.4 Å². The topological polar surface area (TPSA) is 71.2 Å². The molecular formula is C11H12N4OS. The molecule has 0 radical (unpaired) electrons. The number of amides is 2. The number of aryl methyl sites for hydroxylation is 1. The van der Waals surface area contributed by atoms with Gasteiger partial charge in [0.05, 0.1) is 11.4 Å². The molecule has 0 fully saturated rings. The van der Waals surface area contributed by atoms with Gasteiger partial charge in [0.15, 0.2) is 0 Å². The molecule has 2 rings (SSSR count). The van der Waals surface area contributed by atoms with Crippen molar-refractivity contribution >= 4 is 28.2 Å². The molecule has 0 aliphatic heterocycles. The van der Waals surface area contributed by atoms with Gasteiger partial charge in [0.1, 0.15) is 0 Å². The van der Waals surface area contributed by atoms with Crippen LogP contribution in [0.4, 0.5) is 15.6 Å². The Morgan fingerprint density at radius 2 is 2.12 bits per heavy atom. The summed E-state index contributed by atoms with van der Waals surface area (Å²) in [7, 11) is 0. The van der Waals surface area contributed by atoms with Gasteiger partial charge in [-0.05, 0) is 19.1 Å². The highest BCUT2D eigenvalue weighted by Crippen LogP contribution is 2.19. The lowest BCUT2D eigenvalue weighted by molar-refractivity contribution is 0.255. The van der Waals surface area contributed by atoms with E-state index in [4.69, 9.17) is 5.73 Å². The summed E-state index contributed by atoms with van der Waals surface area (Å²) in [5.41, 5.74) is 9.78. The number of benzene rings is 1. The first kappa shape index (κ1) is 11.4. The highest BCUT2D eigenvalue weighted by atomic mass is 32.1. The van der Waals surface area contributed by atoms with Crippen LogP contribution in [0.3, 0.4) is 0 Å². The summed E-state index contributed by atoms with van der Waals surface area (Å²) in [6.45, 7) is 1.89. The Labute approximate surface area is 103 Å². The molecule has 0 unspecified atom stereocenters. The Bertz CT molecular complexity index is 511. The van der Waals surface area contributed by atoms with Gasteiger partial charge >= 0.3 is 6.03 Å². The van der Waals surface area contributed by atoms with Gasteiger partial charge in [0.25, 0.3) is 0 Å². The number of hydrogen-bond donors (Lipinski definition) is 2. The van der Waals surface area contributed by atoms with Crippen LogP contribution in [0.15, 0.2) is 35.7 Å². The fourth-order valence-corrected chi connectivity index (χ4v) is 2.00. The minimum atomic E-state index is -0.580. The van der Waals surface area contributed by atoms with E-state index in [9.17, 15) is 4.79 Å². The van der Waals surface area contributed by atoms with Crippen LogP contribution < -0.4 is 16.2 Å². The Hall–Kier alpha value is -2.08. The largest absolute Gasteiger partial charge is 0.350 e. The highest BCUT2D eigenvalue weighted by Gasteiger charge is 2.13. The maximum Gasteiger partial charge on any atom is 0.338 e. The lowest BCUT2D eigenvalue weighted by Crippen LogP contribution is -2.40. The molecule has 3 N–H and O–H groups in total. The van der Waals surface area contributed by atoms with Crippen molar-refractivity contribution in [1.29, 1.82) is 0 Å². The molecule has 2 aromatic rings. The fourth-order valence-electron chi connectivity index (χ4n) is 1.32. The number of carbonyl (C=O) groups excluding carboxylic acids is 1. The van der Waals surface area contributed by atoms with E-state index in [1.165, 1.54) is 16.3 Å². The van der Waals surface area contributed by atoms with Crippen LogP contribution in [-0.2, 0) is 0 Å². The maximum absolute atomic E-state index is 11.4. The maximum atomic E-state index is 11.4. The second-order valence-corrected chi connectivity index (χ2v) is 4.27. The zero-order chi connectivity index (χ0) is 12.3. The number of thiazole rings is 1. The number of rotatable bonds is 3. The van der Waals surface area contributed by atoms with Gasteiger partial charge in [-0.2, -0.15) is 0 Å². The number of para-hydroxylation sites is 1. The fraction of sp³-hybridized carbons (Fsp3) is 0.0909. The van der Waals surface area contributed by atoms with Gasteiger partial charge in [-0.3, -0.25) is 5.43 Å². The Balaban J connectivity index is 2.22. The number of nitrogens with two attached hydrogens (primary N) is 1. The minimum absolute atomic E-state index is 0.580. The number of hydrogen-bond acceptors (Lipinski definition) is 4. The van der Waals surface area contributed by atoms with E-state index in [2.05, 4.69) is 10.4 Å². The molecule has 17 heavy (non-hydrogen) atoms. The van der Waals surface area contributed by atoms with Gasteiger partial charge in [-0.15, -0.1) is 11.3 Å². The van der Waals surface area contributed by atoms with Crippen molar-refractivity contribution in [2.45, 2.75) is 6.92 Å². The van der Waals surface area contributed by atoms with Crippen LogP contribution in [0.25, 0.3) is 0 Å². The molecule has 1 aromatic heterocycles. The zero-order valence-corrected chi connectivity index (χ0v) is 10.1. The van der Waals surface area contributed by atoms with E-state index >= 15 is 0 Å². The standard InChI is InChI=1S/C11H12N4OS/c1-8-7-17-11(13-8)14-15(10(12)16)9-5-3-2-4-6-9/h2-7H,1H3,(H2,12,16)(H,13,14). The number of urea groups is 1. The molecule has 1 aromatic carbocycles. The lowest BCUT2D eigenvalue weighted by atomic mass is 10.3. The van der Waals surface area contributed by atoms with Crippen molar-refractivity contribution in [2.75, 3.05) is 10.4 Å². The molecule has 0 saturated heterocycles. The average Bonchev–Trinajstić information content (AvgIpc) is 2.73. The van der Waals surface area contributed by atoms with Crippen molar-refractivity contribution in [2.24, 2.45) is 5.73 Å². The predicted molar refractivity (Wildman–Crippen MR) is 69.0 cm³/mol. The van der Waals surface area contributed by atoms with Gasteiger partial charge in [-0.25, -0.2) is 14.8 Å². The molecule has 0 spiro atoms. The first-order valence-electron chi connectivity index (χ1n) is 5.00. The molecule has 5 nitrogen and oxygen atoms in total. The molecule has 0 aliphatic carbocycles. The molecule has 88 valence electrons. The van der Waals surface area contributed by atoms with E-state index in [-0.39, 0.29) is 0 Å². The lowest BCUT2D eigenvalue weighted by Gasteiger charge is -2.20. The first-order chi connectivity index (χ1) is 8.16. The number of aromatic nitrogens is 1. The molecule has 6 heteroatoms. The van der Waals surface area contributed by atoms with Crippen LogP contribution in [0.1, 0.15) is 5.69 Å². The summed E-state index contributed by atoms with van der Waals surface area (Å²) >= 11 is 1.42. The summed E-state index contributed by atoms with van der Waals surface area (Å²) in [5.74, 6) is 0. The monoisotopic (exact) mass is 248 g/mol. The van der Waals surface area contributed by atoms with Crippen molar-refractivity contribution in [3.63, 3.8) is 0 Å². The van der Waals surface area contributed by atoms with E-state index in [0.29, 0.717) is 10.8 Å². The van der Waals surface area contributed by atoms with E-state index < -0.39 is 6.03 Å².